The monoisotopic (exact) mass is 219 g/mol. The number of rotatable bonds is 3. The standard InChI is InChI=1S/C9H11Cl2NO/c1-12-5-9(13)7-3-2-6(10)4-8(7)11/h2-4,9,12-13H,5H2,1H3. The van der Waals surface area contributed by atoms with Gasteiger partial charge in [0.15, 0.2) is 0 Å². The van der Waals surface area contributed by atoms with Gasteiger partial charge in [-0.3, -0.25) is 0 Å². The van der Waals surface area contributed by atoms with Crippen LogP contribution in [0.4, 0.5) is 0 Å². The van der Waals surface area contributed by atoms with Gasteiger partial charge in [0.2, 0.25) is 0 Å². The molecule has 0 amide bonds. The predicted octanol–water partition coefficient (Wildman–Crippen LogP) is 2.25. The molecule has 1 aromatic carbocycles. The molecule has 0 saturated carbocycles. The van der Waals surface area contributed by atoms with Gasteiger partial charge in [-0.2, -0.15) is 0 Å². The smallest absolute Gasteiger partial charge is 0.0928 e. The number of likely N-dealkylation sites (N-methyl/N-ethyl adjacent to an activating group) is 1. The SMILES string of the molecule is CNCC(O)c1ccc(Cl)cc1Cl. The normalized spacial score (nSPS) is 12.9. The predicted molar refractivity (Wildman–Crippen MR) is 55.3 cm³/mol. The van der Waals surface area contributed by atoms with Gasteiger partial charge in [-0.15, -0.1) is 0 Å². The molecule has 0 aromatic heterocycles. The molecule has 0 fully saturated rings. The fraction of sp³-hybridized carbons (Fsp3) is 0.333. The van der Waals surface area contributed by atoms with Crippen molar-refractivity contribution in [2.24, 2.45) is 0 Å². The Morgan fingerprint density at radius 1 is 1.46 bits per heavy atom. The number of hydrogen-bond acceptors (Lipinski definition) is 2. The van der Waals surface area contributed by atoms with Crippen molar-refractivity contribution in [3.8, 4) is 0 Å². The van der Waals surface area contributed by atoms with Crippen LogP contribution < -0.4 is 5.32 Å². The van der Waals surface area contributed by atoms with E-state index >= 15 is 0 Å². The first-order chi connectivity index (χ1) is 6.15. The first-order valence-corrected chi connectivity index (χ1v) is 4.68. The van der Waals surface area contributed by atoms with Crippen LogP contribution in [0, 0.1) is 0 Å². The van der Waals surface area contributed by atoms with E-state index in [4.69, 9.17) is 23.2 Å². The Labute approximate surface area is 87.5 Å². The second-order valence-electron chi connectivity index (χ2n) is 2.74. The number of nitrogens with one attached hydrogen (secondary N) is 1. The minimum Gasteiger partial charge on any atom is -0.387 e. The molecule has 0 bridgehead atoms. The molecule has 0 aliphatic heterocycles. The molecule has 1 aromatic rings. The van der Waals surface area contributed by atoms with E-state index < -0.39 is 6.10 Å². The molecule has 1 unspecified atom stereocenters. The zero-order chi connectivity index (χ0) is 9.84. The number of aliphatic hydroxyl groups is 1. The van der Waals surface area contributed by atoms with Crippen molar-refractivity contribution in [1.29, 1.82) is 0 Å². The lowest BCUT2D eigenvalue weighted by atomic mass is 10.1. The van der Waals surface area contributed by atoms with Crippen molar-refractivity contribution in [2.45, 2.75) is 6.10 Å². The van der Waals surface area contributed by atoms with Gasteiger partial charge in [0.1, 0.15) is 0 Å². The summed E-state index contributed by atoms with van der Waals surface area (Å²) in [4.78, 5) is 0. The first kappa shape index (κ1) is 10.8. The topological polar surface area (TPSA) is 32.3 Å². The molecule has 1 rings (SSSR count). The Kier molecular flexibility index (Phi) is 4.00. The first-order valence-electron chi connectivity index (χ1n) is 3.92. The third kappa shape index (κ3) is 2.85. The minimum atomic E-state index is -0.588. The minimum absolute atomic E-state index is 0.474. The van der Waals surface area contributed by atoms with Crippen molar-refractivity contribution < 1.29 is 5.11 Å². The van der Waals surface area contributed by atoms with Crippen molar-refractivity contribution in [3.05, 3.63) is 33.8 Å². The zero-order valence-corrected chi connectivity index (χ0v) is 8.73. The van der Waals surface area contributed by atoms with Crippen molar-refractivity contribution in [2.75, 3.05) is 13.6 Å². The maximum Gasteiger partial charge on any atom is 0.0928 e. The summed E-state index contributed by atoms with van der Waals surface area (Å²) in [5.74, 6) is 0. The molecule has 1 atom stereocenters. The van der Waals surface area contributed by atoms with Crippen molar-refractivity contribution >= 4 is 23.2 Å². The molecule has 0 spiro atoms. The molecule has 0 heterocycles. The molecule has 0 aliphatic carbocycles. The van der Waals surface area contributed by atoms with E-state index in [1.54, 1.807) is 25.2 Å². The summed E-state index contributed by atoms with van der Waals surface area (Å²) in [6.07, 6.45) is -0.588. The molecule has 0 aliphatic rings. The Hall–Kier alpha value is -0.280. The van der Waals surface area contributed by atoms with E-state index in [-0.39, 0.29) is 0 Å². The average molecular weight is 220 g/mol. The summed E-state index contributed by atoms with van der Waals surface area (Å²) in [6, 6.07) is 5.06. The fourth-order valence-electron chi connectivity index (χ4n) is 1.08. The highest BCUT2D eigenvalue weighted by Gasteiger charge is 2.10. The van der Waals surface area contributed by atoms with Gasteiger partial charge in [-0.1, -0.05) is 29.3 Å². The van der Waals surface area contributed by atoms with Gasteiger partial charge in [-0.05, 0) is 19.2 Å². The van der Waals surface area contributed by atoms with Crippen LogP contribution in [0.25, 0.3) is 0 Å². The lowest BCUT2D eigenvalue weighted by molar-refractivity contribution is 0.178. The number of benzene rings is 1. The molecule has 13 heavy (non-hydrogen) atoms. The Morgan fingerprint density at radius 3 is 2.69 bits per heavy atom. The molecule has 4 heteroatoms. The van der Waals surface area contributed by atoms with Gasteiger partial charge >= 0.3 is 0 Å². The fourth-order valence-corrected chi connectivity index (χ4v) is 1.61. The largest absolute Gasteiger partial charge is 0.387 e. The summed E-state index contributed by atoms with van der Waals surface area (Å²) < 4.78 is 0. The number of hydrogen-bond donors (Lipinski definition) is 2. The van der Waals surface area contributed by atoms with E-state index in [1.807, 2.05) is 0 Å². The van der Waals surface area contributed by atoms with E-state index in [0.717, 1.165) is 0 Å². The summed E-state index contributed by atoms with van der Waals surface area (Å²) in [5, 5.41) is 13.5. The van der Waals surface area contributed by atoms with Gasteiger partial charge in [0, 0.05) is 22.2 Å². The quantitative estimate of drug-likeness (QED) is 0.818. The zero-order valence-electron chi connectivity index (χ0n) is 7.22. The summed E-state index contributed by atoms with van der Waals surface area (Å²) in [7, 11) is 1.77. The van der Waals surface area contributed by atoms with Gasteiger partial charge in [0.25, 0.3) is 0 Å². The van der Waals surface area contributed by atoms with Crippen LogP contribution in [0.1, 0.15) is 11.7 Å². The third-order valence-electron chi connectivity index (χ3n) is 1.72. The molecular formula is C9H11Cl2NO. The molecule has 0 saturated heterocycles. The molecular weight excluding hydrogens is 209 g/mol. The van der Waals surface area contributed by atoms with Crippen LogP contribution in [0.15, 0.2) is 18.2 Å². The second kappa shape index (κ2) is 4.82. The Morgan fingerprint density at radius 2 is 2.15 bits per heavy atom. The number of halogens is 2. The highest BCUT2D eigenvalue weighted by molar-refractivity contribution is 6.35. The van der Waals surface area contributed by atoms with Crippen LogP contribution >= 0.6 is 23.2 Å². The average Bonchev–Trinajstić information content (AvgIpc) is 2.04. The van der Waals surface area contributed by atoms with E-state index in [2.05, 4.69) is 5.32 Å². The van der Waals surface area contributed by atoms with Crippen LogP contribution in [0.2, 0.25) is 10.0 Å². The molecule has 72 valence electrons. The molecule has 0 radical (unpaired) electrons. The second-order valence-corrected chi connectivity index (χ2v) is 3.58. The summed E-state index contributed by atoms with van der Waals surface area (Å²) in [5.41, 5.74) is 0.695. The van der Waals surface area contributed by atoms with Gasteiger partial charge in [0.05, 0.1) is 6.10 Å². The number of aliphatic hydroxyl groups excluding tert-OH is 1. The van der Waals surface area contributed by atoms with Gasteiger partial charge in [-0.25, -0.2) is 0 Å². The van der Waals surface area contributed by atoms with Crippen molar-refractivity contribution in [3.63, 3.8) is 0 Å². The lowest BCUT2D eigenvalue weighted by Gasteiger charge is -2.11. The van der Waals surface area contributed by atoms with E-state index in [1.165, 1.54) is 0 Å². The Bertz CT molecular complexity index is 291. The highest BCUT2D eigenvalue weighted by atomic mass is 35.5. The van der Waals surface area contributed by atoms with E-state index in [9.17, 15) is 5.11 Å². The third-order valence-corrected chi connectivity index (χ3v) is 2.28. The lowest BCUT2D eigenvalue weighted by Crippen LogP contribution is -2.16. The van der Waals surface area contributed by atoms with Crippen LogP contribution in [-0.4, -0.2) is 18.7 Å². The maximum atomic E-state index is 9.60. The Balaban J connectivity index is 2.88. The van der Waals surface area contributed by atoms with Crippen LogP contribution in [-0.2, 0) is 0 Å². The summed E-state index contributed by atoms with van der Waals surface area (Å²) in [6.45, 7) is 0.474. The van der Waals surface area contributed by atoms with Crippen LogP contribution in [0.3, 0.4) is 0 Å². The summed E-state index contributed by atoms with van der Waals surface area (Å²) >= 11 is 11.6. The van der Waals surface area contributed by atoms with Crippen LogP contribution in [0.5, 0.6) is 0 Å². The molecule has 2 N–H and O–H groups in total. The maximum absolute atomic E-state index is 9.60. The van der Waals surface area contributed by atoms with Gasteiger partial charge < -0.3 is 10.4 Å². The molecule has 2 nitrogen and oxygen atoms in total. The van der Waals surface area contributed by atoms with Crippen molar-refractivity contribution in [1.82, 2.24) is 5.32 Å². The highest BCUT2D eigenvalue weighted by Crippen LogP contribution is 2.25. The van der Waals surface area contributed by atoms with E-state index in [0.29, 0.717) is 22.2 Å².